The normalized spacial score (nSPS) is 15.1. The van der Waals surface area contributed by atoms with Crippen LogP contribution in [-0.4, -0.2) is 93.6 Å². The molecule has 3 aromatic heterocycles. The molecule has 0 saturated carbocycles. The second-order valence-corrected chi connectivity index (χ2v) is 11.4. The molecule has 20 heteroatoms. The van der Waals surface area contributed by atoms with E-state index in [0.29, 0.717) is 36.8 Å². The Hall–Kier alpha value is -3.05. The Morgan fingerprint density at radius 3 is 1.22 bits per heavy atom. The summed E-state index contributed by atoms with van der Waals surface area (Å²) in [4.78, 5) is 20.6. The molecule has 1 fully saturated rings. The molecule has 2 N–H and O–H groups in total. The average Bonchev–Trinajstić information content (AvgIpc) is 3.05. The molecule has 1 aliphatic heterocycles. The zero-order valence-corrected chi connectivity index (χ0v) is 28.8. The van der Waals surface area contributed by atoms with E-state index in [1.165, 1.54) is 6.07 Å². The zero-order chi connectivity index (χ0) is 36.4. The first-order valence-corrected chi connectivity index (χ1v) is 14.9. The standard InChI is InChI=1S/C29H39FN6O2.2BF4.Fe/c1-19-14-31-25(22(4)28(19)37)16-34-8-9-35(17-26-23(5)29(38)20(2)15-32-26)11-13-36(12-10-34)18-27-24(30)7-6-21(3)33-27;2*2-1(3,4)5;/h6-7,14-15H,8-13,16-18H2,1-5H3,(H,31,37)(H,32,38);;;/q;2*-1;+5. The van der Waals surface area contributed by atoms with Crippen molar-refractivity contribution in [1.29, 1.82) is 0 Å². The van der Waals surface area contributed by atoms with Crippen LogP contribution in [0.25, 0.3) is 0 Å². The molecular weight excluding hydrogens is 713 g/mol. The van der Waals surface area contributed by atoms with Crippen LogP contribution in [0.15, 0.2) is 24.5 Å². The molecule has 4 rings (SSSR count). The molecule has 4 heterocycles. The van der Waals surface area contributed by atoms with Gasteiger partial charge in [-0.05, 0) is 46.8 Å². The summed E-state index contributed by atoms with van der Waals surface area (Å²) in [6.45, 7) is 15.7. The van der Waals surface area contributed by atoms with Gasteiger partial charge in [-0.1, -0.05) is 0 Å². The Bertz CT molecular complexity index is 1410. The third-order valence-electron chi connectivity index (χ3n) is 7.53. The van der Waals surface area contributed by atoms with Crippen LogP contribution in [0.1, 0.15) is 45.0 Å². The van der Waals surface area contributed by atoms with E-state index in [0.717, 1.165) is 78.6 Å². The van der Waals surface area contributed by atoms with Crippen LogP contribution in [-0.2, 0) is 36.7 Å². The molecule has 0 aliphatic carbocycles. The molecule has 8 nitrogen and oxygen atoms in total. The topological polar surface area (TPSA) is 88.9 Å². The van der Waals surface area contributed by atoms with Crippen molar-refractivity contribution in [2.75, 3.05) is 39.3 Å². The van der Waals surface area contributed by atoms with E-state index in [9.17, 15) is 49.1 Å². The van der Waals surface area contributed by atoms with E-state index in [1.54, 1.807) is 18.5 Å². The van der Waals surface area contributed by atoms with Gasteiger partial charge in [-0.2, -0.15) is 0 Å². The van der Waals surface area contributed by atoms with Crippen LogP contribution in [0.5, 0.6) is 11.5 Å². The molecule has 0 atom stereocenters. The average molecular weight is 752 g/mol. The van der Waals surface area contributed by atoms with E-state index in [1.807, 2.05) is 34.6 Å². The summed E-state index contributed by atoms with van der Waals surface area (Å²) >= 11 is 0. The molecule has 49 heavy (non-hydrogen) atoms. The minimum atomic E-state index is -6.00. The molecule has 0 unspecified atom stereocenters. The minimum Gasteiger partial charge on any atom is -0.507 e. The fraction of sp³-hybridized carbons (Fsp3) is 0.483. The third-order valence-corrected chi connectivity index (χ3v) is 7.53. The summed E-state index contributed by atoms with van der Waals surface area (Å²) in [6.07, 6.45) is 3.44. The van der Waals surface area contributed by atoms with Gasteiger partial charge in [0.15, 0.2) is 0 Å². The molecule has 1 radical (unpaired) electrons. The number of aromatic nitrogens is 3. The summed E-state index contributed by atoms with van der Waals surface area (Å²) in [5, 5.41) is 20.9. The summed E-state index contributed by atoms with van der Waals surface area (Å²) in [7, 11) is -12.0. The van der Waals surface area contributed by atoms with Crippen molar-refractivity contribution < 1.29 is 66.2 Å². The molecule has 0 bridgehead atoms. The van der Waals surface area contributed by atoms with Gasteiger partial charge in [-0.25, -0.2) is 4.39 Å². The van der Waals surface area contributed by atoms with Crippen LogP contribution < -0.4 is 0 Å². The van der Waals surface area contributed by atoms with Crippen LogP contribution in [0.4, 0.5) is 38.9 Å². The summed E-state index contributed by atoms with van der Waals surface area (Å²) in [6, 6.07) is 3.18. The second-order valence-electron chi connectivity index (χ2n) is 11.4. The molecule has 1 aliphatic rings. The van der Waals surface area contributed by atoms with E-state index in [4.69, 9.17) is 0 Å². The predicted octanol–water partition coefficient (Wildman–Crippen LogP) is 6.38. The van der Waals surface area contributed by atoms with Crippen LogP contribution in [0.3, 0.4) is 0 Å². The Kier molecular flexibility index (Phi) is 17.4. The maximum absolute atomic E-state index is 14.6. The number of halogens is 9. The Morgan fingerprint density at radius 2 is 0.898 bits per heavy atom. The van der Waals surface area contributed by atoms with Crippen LogP contribution in [0.2, 0.25) is 0 Å². The Morgan fingerprint density at radius 1 is 0.592 bits per heavy atom. The number of nitrogens with zero attached hydrogens (tertiary/aromatic N) is 6. The SMILES string of the molecule is Cc1ccc(F)c(CN2CCN(Cc3ncc(C)c(O)c3C)CCN(Cc3ncc(C)c(O)c3C)CC2)n1.F[B-](F)(F)F.F[B-](F)(F)F.[Fe+5]. The summed E-state index contributed by atoms with van der Waals surface area (Å²) < 4.78 is 92.6. The number of hydrogen-bond acceptors (Lipinski definition) is 8. The van der Waals surface area contributed by atoms with Gasteiger partial charge < -0.3 is 44.7 Å². The van der Waals surface area contributed by atoms with Gasteiger partial charge >= 0.3 is 31.6 Å². The maximum atomic E-state index is 14.6. The van der Waals surface area contributed by atoms with Gasteiger partial charge in [-0.15, -0.1) is 0 Å². The number of pyridine rings is 3. The molecule has 1 saturated heterocycles. The third kappa shape index (κ3) is 16.5. The van der Waals surface area contributed by atoms with Crippen molar-refractivity contribution in [3.05, 3.63) is 75.4 Å². The van der Waals surface area contributed by atoms with Gasteiger partial charge in [0.05, 0.1) is 17.1 Å². The van der Waals surface area contributed by atoms with Gasteiger partial charge in [-0.3, -0.25) is 29.7 Å². The zero-order valence-electron chi connectivity index (χ0n) is 27.7. The van der Waals surface area contributed by atoms with Gasteiger partial charge in [0, 0.05) is 99.2 Å². The van der Waals surface area contributed by atoms with E-state index >= 15 is 0 Å². The van der Waals surface area contributed by atoms with Crippen LogP contribution >= 0.6 is 0 Å². The maximum Gasteiger partial charge on any atom is 5.00 e. The number of hydrogen-bond donors (Lipinski definition) is 2. The van der Waals surface area contributed by atoms with Crippen molar-refractivity contribution in [3.8, 4) is 11.5 Å². The van der Waals surface area contributed by atoms with Gasteiger partial charge in [0.25, 0.3) is 0 Å². The van der Waals surface area contributed by atoms with Crippen molar-refractivity contribution in [3.63, 3.8) is 0 Å². The Balaban J connectivity index is 0.000000958. The summed E-state index contributed by atoms with van der Waals surface area (Å²) in [5.41, 5.74) is 6.13. The fourth-order valence-corrected chi connectivity index (χ4v) is 4.85. The van der Waals surface area contributed by atoms with Crippen molar-refractivity contribution in [2.45, 2.75) is 54.3 Å². The van der Waals surface area contributed by atoms with Crippen molar-refractivity contribution in [1.82, 2.24) is 29.7 Å². The molecule has 0 amide bonds. The Labute approximate surface area is 290 Å². The van der Waals surface area contributed by atoms with Crippen molar-refractivity contribution in [2.24, 2.45) is 0 Å². The monoisotopic (exact) mass is 752 g/mol. The largest absolute Gasteiger partial charge is 5.00 e. The molecule has 3 aromatic rings. The fourth-order valence-electron chi connectivity index (χ4n) is 4.85. The number of aromatic hydroxyl groups is 2. The quantitative estimate of drug-likeness (QED) is 0.222. The number of aryl methyl sites for hydroxylation is 3. The first-order chi connectivity index (χ1) is 22.1. The molecular formula is C29H39B2F9FeN6O2+3. The van der Waals surface area contributed by atoms with E-state index in [-0.39, 0.29) is 22.9 Å². The minimum absolute atomic E-state index is 0. The predicted molar refractivity (Wildman–Crippen MR) is 166 cm³/mol. The first kappa shape index (κ1) is 44.0. The first-order valence-electron chi connectivity index (χ1n) is 14.9. The summed E-state index contributed by atoms with van der Waals surface area (Å²) in [5.74, 6) is 0.308. The van der Waals surface area contributed by atoms with Crippen LogP contribution in [0, 0.1) is 40.4 Å². The number of rotatable bonds is 6. The van der Waals surface area contributed by atoms with Gasteiger partial charge in [0.1, 0.15) is 17.3 Å². The van der Waals surface area contributed by atoms with E-state index < -0.39 is 14.5 Å². The molecule has 271 valence electrons. The molecule has 0 spiro atoms. The van der Waals surface area contributed by atoms with Crippen molar-refractivity contribution >= 4 is 14.5 Å². The van der Waals surface area contributed by atoms with E-state index in [2.05, 4.69) is 29.7 Å². The second kappa shape index (κ2) is 19.4. The smallest absolute Gasteiger partial charge is 0.507 e. The van der Waals surface area contributed by atoms with Gasteiger partial charge in [0.2, 0.25) is 0 Å². The molecule has 0 aromatic carbocycles.